The van der Waals surface area contributed by atoms with Crippen LogP contribution in [0.5, 0.6) is 0 Å². The van der Waals surface area contributed by atoms with Crippen LogP contribution in [0.2, 0.25) is 0 Å². The molecule has 1 atom stereocenters. The third-order valence-electron chi connectivity index (χ3n) is 2.79. The SMILES string of the molecule is CCCNC(c1ccoc1Br)c1cc(Br)sc1C. The summed E-state index contributed by atoms with van der Waals surface area (Å²) in [6.07, 6.45) is 2.83. The Balaban J connectivity index is 2.37. The molecule has 0 amide bonds. The number of hydrogen-bond donors (Lipinski definition) is 1. The molecule has 2 aromatic heterocycles. The summed E-state index contributed by atoms with van der Waals surface area (Å²) in [4.78, 5) is 1.32. The Hall–Kier alpha value is -0.100. The topological polar surface area (TPSA) is 25.2 Å². The lowest BCUT2D eigenvalue weighted by atomic mass is 10.0. The number of hydrogen-bond acceptors (Lipinski definition) is 3. The Morgan fingerprint density at radius 1 is 1.39 bits per heavy atom. The van der Waals surface area contributed by atoms with Gasteiger partial charge < -0.3 is 9.73 Å². The fourth-order valence-corrected chi connectivity index (χ4v) is 4.15. The van der Waals surface area contributed by atoms with E-state index in [4.69, 9.17) is 4.42 Å². The van der Waals surface area contributed by atoms with Crippen LogP contribution >= 0.6 is 43.2 Å². The standard InChI is InChI=1S/C13H15Br2NOS/c1-3-5-16-12(9-4-6-17-13(9)15)10-7-11(14)18-8(10)2/h4,6-7,12,16H,3,5H2,1-2H3. The van der Waals surface area contributed by atoms with Gasteiger partial charge in [0.1, 0.15) is 0 Å². The lowest BCUT2D eigenvalue weighted by molar-refractivity contribution is 0.523. The number of aryl methyl sites for hydroxylation is 1. The fraction of sp³-hybridized carbons (Fsp3) is 0.385. The molecule has 0 spiro atoms. The zero-order valence-electron chi connectivity index (χ0n) is 10.3. The minimum Gasteiger partial charge on any atom is -0.457 e. The van der Waals surface area contributed by atoms with Gasteiger partial charge in [-0.1, -0.05) is 6.92 Å². The van der Waals surface area contributed by atoms with Crippen LogP contribution in [0, 0.1) is 6.92 Å². The van der Waals surface area contributed by atoms with E-state index in [-0.39, 0.29) is 6.04 Å². The Morgan fingerprint density at radius 2 is 2.17 bits per heavy atom. The van der Waals surface area contributed by atoms with Gasteiger partial charge in [0, 0.05) is 10.4 Å². The van der Waals surface area contributed by atoms with Gasteiger partial charge in [0.15, 0.2) is 4.67 Å². The Morgan fingerprint density at radius 3 is 2.67 bits per heavy atom. The second-order valence-electron chi connectivity index (χ2n) is 4.10. The molecule has 0 bridgehead atoms. The molecule has 0 aliphatic heterocycles. The lowest BCUT2D eigenvalue weighted by Gasteiger charge is -2.17. The normalized spacial score (nSPS) is 12.9. The van der Waals surface area contributed by atoms with Gasteiger partial charge >= 0.3 is 0 Å². The van der Waals surface area contributed by atoms with E-state index in [0.29, 0.717) is 0 Å². The summed E-state index contributed by atoms with van der Waals surface area (Å²) in [6.45, 7) is 5.30. The molecule has 2 aromatic rings. The molecule has 0 saturated carbocycles. The first-order valence-corrected chi connectivity index (χ1v) is 8.25. The van der Waals surface area contributed by atoms with E-state index in [1.807, 2.05) is 6.07 Å². The van der Waals surface area contributed by atoms with Crippen LogP contribution in [-0.4, -0.2) is 6.54 Å². The molecular weight excluding hydrogens is 378 g/mol. The molecule has 0 aliphatic rings. The fourth-order valence-electron chi connectivity index (χ4n) is 1.93. The van der Waals surface area contributed by atoms with Crippen molar-refractivity contribution in [3.05, 3.63) is 42.9 Å². The van der Waals surface area contributed by atoms with Crippen molar-refractivity contribution in [2.45, 2.75) is 26.3 Å². The van der Waals surface area contributed by atoms with E-state index in [1.165, 1.54) is 10.4 Å². The van der Waals surface area contributed by atoms with Gasteiger partial charge in [-0.25, -0.2) is 0 Å². The maximum atomic E-state index is 5.36. The molecule has 1 N–H and O–H groups in total. The molecule has 2 heterocycles. The maximum Gasteiger partial charge on any atom is 0.174 e. The first-order valence-electron chi connectivity index (χ1n) is 5.85. The Labute approximate surface area is 128 Å². The smallest absolute Gasteiger partial charge is 0.174 e. The monoisotopic (exact) mass is 391 g/mol. The van der Waals surface area contributed by atoms with Crippen molar-refractivity contribution in [2.75, 3.05) is 6.54 Å². The highest BCUT2D eigenvalue weighted by molar-refractivity contribution is 9.11. The van der Waals surface area contributed by atoms with E-state index in [9.17, 15) is 0 Å². The summed E-state index contributed by atoms with van der Waals surface area (Å²) in [5, 5.41) is 3.58. The third kappa shape index (κ3) is 3.07. The van der Waals surface area contributed by atoms with Gasteiger partial charge in [-0.2, -0.15) is 0 Å². The number of furan rings is 1. The second kappa shape index (κ2) is 6.37. The van der Waals surface area contributed by atoms with Crippen molar-refractivity contribution in [2.24, 2.45) is 0 Å². The first kappa shape index (κ1) is 14.3. The molecule has 18 heavy (non-hydrogen) atoms. The zero-order chi connectivity index (χ0) is 13.1. The van der Waals surface area contributed by atoms with Gasteiger partial charge in [-0.15, -0.1) is 11.3 Å². The Bertz CT molecular complexity index is 521. The van der Waals surface area contributed by atoms with Crippen LogP contribution in [0.15, 0.2) is 31.3 Å². The molecule has 0 radical (unpaired) electrons. The van der Waals surface area contributed by atoms with Gasteiger partial charge in [0.2, 0.25) is 0 Å². The molecule has 5 heteroatoms. The highest BCUT2D eigenvalue weighted by atomic mass is 79.9. The zero-order valence-corrected chi connectivity index (χ0v) is 14.3. The van der Waals surface area contributed by atoms with Crippen LogP contribution in [-0.2, 0) is 0 Å². The minimum absolute atomic E-state index is 0.181. The summed E-state index contributed by atoms with van der Waals surface area (Å²) in [5.41, 5.74) is 2.46. The number of thiophene rings is 1. The summed E-state index contributed by atoms with van der Waals surface area (Å²) in [7, 11) is 0. The number of rotatable bonds is 5. The quantitative estimate of drug-likeness (QED) is 0.750. The molecule has 0 aromatic carbocycles. The molecule has 0 saturated heterocycles. The number of nitrogens with one attached hydrogen (secondary N) is 1. The van der Waals surface area contributed by atoms with Crippen LogP contribution < -0.4 is 5.32 Å². The van der Waals surface area contributed by atoms with Gasteiger partial charge in [-0.05, 0) is 69.4 Å². The molecule has 0 fully saturated rings. The van der Waals surface area contributed by atoms with Crippen LogP contribution in [0.4, 0.5) is 0 Å². The first-order chi connectivity index (χ1) is 8.63. The third-order valence-corrected chi connectivity index (χ3v) is 5.01. The molecule has 0 aliphatic carbocycles. The second-order valence-corrected chi connectivity index (χ2v) is 7.45. The molecule has 1 unspecified atom stereocenters. The number of halogens is 2. The van der Waals surface area contributed by atoms with Crippen molar-refractivity contribution >= 4 is 43.2 Å². The minimum atomic E-state index is 0.181. The summed E-state index contributed by atoms with van der Waals surface area (Å²) in [6, 6.07) is 4.38. The molecule has 2 rings (SSSR count). The van der Waals surface area contributed by atoms with Gasteiger partial charge in [0.05, 0.1) is 16.1 Å². The average Bonchev–Trinajstić information content (AvgIpc) is 2.87. The summed E-state index contributed by atoms with van der Waals surface area (Å²) in [5.74, 6) is 0. The van der Waals surface area contributed by atoms with E-state index < -0.39 is 0 Å². The van der Waals surface area contributed by atoms with Crippen LogP contribution in [0.3, 0.4) is 0 Å². The van der Waals surface area contributed by atoms with Crippen molar-refractivity contribution in [1.82, 2.24) is 5.32 Å². The van der Waals surface area contributed by atoms with E-state index in [0.717, 1.165) is 27.0 Å². The van der Waals surface area contributed by atoms with Crippen molar-refractivity contribution in [1.29, 1.82) is 0 Å². The highest BCUT2D eigenvalue weighted by Crippen LogP contribution is 2.36. The van der Waals surface area contributed by atoms with Crippen molar-refractivity contribution in [3.8, 4) is 0 Å². The lowest BCUT2D eigenvalue weighted by Crippen LogP contribution is -2.23. The average molecular weight is 393 g/mol. The van der Waals surface area contributed by atoms with Crippen LogP contribution in [0.1, 0.15) is 35.4 Å². The van der Waals surface area contributed by atoms with Gasteiger partial charge in [0.25, 0.3) is 0 Å². The summed E-state index contributed by atoms with van der Waals surface area (Å²) < 4.78 is 7.33. The predicted octanol–water partition coefficient (Wildman–Crippen LogP) is 5.26. The highest BCUT2D eigenvalue weighted by Gasteiger charge is 2.21. The van der Waals surface area contributed by atoms with Crippen molar-refractivity contribution < 1.29 is 4.42 Å². The van der Waals surface area contributed by atoms with E-state index in [1.54, 1.807) is 17.6 Å². The Kier molecular flexibility index (Phi) is 5.06. The van der Waals surface area contributed by atoms with E-state index >= 15 is 0 Å². The van der Waals surface area contributed by atoms with Crippen LogP contribution in [0.25, 0.3) is 0 Å². The largest absolute Gasteiger partial charge is 0.457 e. The van der Waals surface area contributed by atoms with E-state index in [2.05, 4.69) is 57.1 Å². The molecular formula is C13H15Br2NOS. The van der Waals surface area contributed by atoms with Crippen molar-refractivity contribution in [3.63, 3.8) is 0 Å². The maximum absolute atomic E-state index is 5.36. The molecule has 98 valence electrons. The predicted molar refractivity (Wildman–Crippen MR) is 83.3 cm³/mol. The summed E-state index contributed by atoms with van der Waals surface area (Å²) >= 11 is 8.79. The van der Waals surface area contributed by atoms with Gasteiger partial charge in [-0.3, -0.25) is 0 Å². The molecule has 2 nitrogen and oxygen atoms in total.